The Balaban J connectivity index is 1.19. The van der Waals surface area contributed by atoms with Crippen molar-refractivity contribution in [1.29, 1.82) is 0 Å². The summed E-state index contributed by atoms with van der Waals surface area (Å²) in [4.78, 5) is 5.31. The van der Waals surface area contributed by atoms with Crippen molar-refractivity contribution in [2.45, 2.75) is 218 Å². The maximum atomic E-state index is 5.31. The summed E-state index contributed by atoms with van der Waals surface area (Å²) in [6.45, 7) is 9.30. The number of hydrogen-bond acceptors (Lipinski definition) is 1. The van der Waals surface area contributed by atoms with Gasteiger partial charge in [-0.05, 0) is 118 Å². The van der Waals surface area contributed by atoms with Crippen LogP contribution < -0.4 is 0 Å². The molecule has 0 bridgehead atoms. The van der Waals surface area contributed by atoms with Crippen molar-refractivity contribution in [1.82, 2.24) is 4.98 Å². The van der Waals surface area contributed by atoms with Crippen LogP contribution in [0.5, 0.6) is 0 Å². The molecule has 0 aliphatic heterocycles. The molecule has 0 radical (unpaired) electrons. The van der Waals surface area contributed by atoms with E-state index >= 15 is 0 Å². The van der Waals surface area contributed by atoms with Gasteiger partial charge in [0.1, 0.15) is 0 Å². The van der Waals surface area contributed by atoms with E-state index in [2.05, 4.69) is 151 Å². The van der Waals surface area contributed by atoms with Gasteiger partial charge in [-0.3, -0.25) is 4.98 Å². The van der Waals surface area contributed by atoms with Gasteiger partial charge in [0, 0.05) is 37.1 Å². The lowest BCUT2D eigenvalue weighted by Crippen LogP contribution is -2.25. The van der Waals surface area contributed by atoms with Crippen molar-refractivity contribution in [2.24, 2.45) is 0 Å². The van der Waals surface area contributed by atoms with Crippen molar-refractivity contribution in [3.8, 4) is 44.6 Å². The second kappa shape index (κ2) is 25.6. The largest absolute Gasteiger partial charge is 0.256 e. The number of pyridine rings is 1. The van der Waals surface area contributed by atoms with Gasteiger partial charge in [0.2, 0.25) is 0 Å². The number of rotatable bonds is 30. The molecule has 354 valence electrons. The number of nitrogens with zero attached hydrogens (tertiary/aromatic N) is 1. The average molecular weight is 1010 g/mol. The first kappa shape index (κ1) is 50.9. The van der Waals surface area contributed by atoms with Crippen LogP contribution in [0, 0.1) is 0 Å². The number of unbranched alkanes of at least 4 members (excludes halogenated alkanes) is 20. The van der Waals surface area contributed by atoms with Crippen LogP contribution in [0.1, 0.15) is 230 Å². The highest BCUT2D eigenvalue weighted by Gasteiger charge is 2.44. The molecule has 1 heterocycles. The molecule has 0 spiro atoms. The Morgan fingerprint density at radius 1 is 0.333 bits per heavy atom. The molecule has 0 atom stereocenters. The first-order chi connectivity index (χ1) is 32.4. The van der Waals surface area contributed by atoms with E-state index in [4.69, 9.17) is 4.98 Å². The van der Waals surface area contributed by atoms with Crippen LogP contribution >= 0.6 is 31.9 Å². The molecular weight excluding hydrogens is 931 g/mol. The Kier molecular flexibility index (Phi) is 19.7. The van der Waals surface area contributed by atoms with Crippen LogP contribution in [-0.4, -0.2) is 4.98 Å². The van der Waals surface area contributed by atoms with Gasteiger partial charge in [-0.25, -0.2) is 0 Å². The smallest absolute Gasteiger partial charge is 0.0702 e. The molecule has 0 saturated carbocycles. The highest BCUT2D eigenvalue weighted by molar-refractivity contribution is 9.10. The monoisotopic (exact) mass is 1010 g/mol. The van der Waals surface area contributed by atoms with E-state index in [1.165, 1.54) is 233 Å². The fourth-order valence-electron chi connectivity index (χ4n) is 12.2. The third-order valence-electron chi connectivity index (χ3n) is 15.9. The average Bonchev–Trinajstić information content (AvgIpc) is 3.75. The molecule has 0 amide bonds. The van der Waals surface area contributed by atoms with Gasteiger partial charge < -0.3 is 0 Å². The molecule has 2 aliphatic rings. The molecule has 1 aromatic heterocycles. The maximum Gasteiger partial charge on any atom is 0.0702 e. The molecule has 0 fully saturated rings. The van der Waals surface area contributed by atoms with Crippen LogP contribution in [0.25, 0.3) is 44.6 Å². The summed E-state index contributed by atoms with van der Waals surface area (Å²) in [5.41, 5.74) is 16.9. The third-order valence-corrected chi connectivity index (χ3v) is 16.9. The molecule has 7 rings (SSSR count). The SMILES string of the molecule is CCCCCCCCC1(CCCCCCCC)c2cc(Br)ccc2-c2ccc(-c3ccc(-c4ccc5c(c4)C(CCCCCCCC)(CCCCCCCC)c4cc(Br)ccc4-5)nc3)cc21. The summed E-state index contributed by atoms with van der Waals surface area (Å²) in [5.74, 6) is 0. The van der Waals surface area contributed by atoms with Crippen molar-refractivity contribution in [3.63, 3.8) is 0 Å². The van der Waals surface area contributed by atoms with Crippen molar-refractivity contribution in [3.05, 3.63) is 122 Å². The Hall–Kier alpha value is -3.01. The van der Waals surface area contributed by atoms with Gasteiger partial charge in [0.15, 0.2) is 0 Å². The lowest BCUT2D eigenvalue weighted by atomic mass is 9.70. The zero-order valence-corrected chi connectivity index (χ0v) is 44.8. The van der Waals surface area contributed by atoms with Gasteiger partial charge in [-0.2, -0.15) is 0 Å². The lowest BCUT2D eigenvalue weighted by molar-refractivity contribution is 0.398. The minimum absolute atomic E-state index is 0.0367. The fraction of sp³-hybridized carbons (Fsp3) is 0.540. The third kappa shape index (κ3) is 12.0. The second-order valence-electron chi connectivity index (χ2n) is 20.6. The number of fused-ring (bicyclic) bond motifs is 6. The van der Waals surface area contributed by atoms with E-state index in [-0.39, 0.29) is 10.8 Å². The molecule has 4 aromatic carbocycles. The van der Waals surface area contributed by atoms with E-state index in [0.29, 0.717) is 0 Å². The lowest BCUT2D eigenvalue weighted by Gasteiger charge is -2.33. The number of benzene rings is 4. The standard InChI is InChI=1S/C63H83Br2N/c1-5-9-13-17-21-25-39-62(40-26-22-18-14-10-6-2)57-43-48(29-34-53(57)55-36-32-51(64)45-59(55)62)50-31-38-61(66-47-50)49-30-35-54-56-37-33-52(65)46-60(56)63(58(54)44-49,41-27-23-19-15-11-7-3)42-28-24-20-16-12-8-4/h29-38,43-47H,5-28,39-42H2,1-4H3. The van der Waals surface area contributed by atoms with Gasteiger partial charge in [-0.15, -0.1) is 0 Å². The van der Waals surface area contributed by atoms with Gasteiger partial charge in [-0.1, -0.05) is 256 Å². The summed E-state index contributed by atoms with van der Waals surface area (Å²) in [5, 5.41) is 0. The Labute approximate surface area is 419 Å². The van der Waals surface area contributed by atoms with Crippen LogP contribution in [0.4, 0.5) is 0 Å². The van der Waals surface area contributed by atoms with Gasteiger partial charge in [0.05, 0.1) is 5.69 Å². The van der Waals surface area contributed by atoms with Crippen LogP contribution in [-0.2, 0) is 10.8 Å². The minimum atomic E-state index is 0.0367. The predicted octanol–water partition coefficient (Wildman–Crippen LogP) is 21.5. The Morgan fingerprint density at radius 2 is 0.652 bits per heavy atom. The van der Waals surface area contributed by atoms with E-state index in [1.54, 1.807) is 16.7 Å². The Bertz CT molecular complexity index is 2080. The first-order valence-electron chi connectivity index (χ1n) is 27.3. The molecule has 0 N–H and O–H groups in total. The minimum Gasteiger partial charge on any atom is -0.256 e. The molecular formula is C63H83Br2N. The van der Waals surface area contributed by atoms with Crippen LogP contribution in [0.2, 0.25) is 0 Å². The van der Waals surface area contributed by atoms with Crippen molar-refractivity contribution in [2.75, 3.05) is 0 Å². The number of halogens is 2. The van der Waals surface area contributed by atoms with Crippen LogP contribution in [0.3, 0.4) is 0 Å². The number of hydrogen-bond donors (Lipinski definition) is 0. The van der Waals surface area contributed by atoms with Crippen molar-refractivity contribution >= 4 is 31.9 Å². The van der Waals surface area contributed by atoms with Gasteiger partial charge in [0.25, 0.3) is 0 Å². The highest BCUT2D eigenvalue weighted by atomic mass is 79.9. The molecule has 0 saturated heterocycles. The fourth-order valence-corrected chi connectivity index (χ4v) is 12.9. The Morgan fingerprint density at radius 3 is 1.03 bits per heavy atom. The van der Waals surface area contributed by atoms with E-state index in [0.717, 1.165) is 5.69 Å². The van der Waals surface area contributed by atoms with E-state index in [9.17, 15) is 0 Å². The summed E-state index contributed by atoms with van der Waals surface area (Å²) in [6.07, 6.45) is 39.0. The molecule has 5 aromatic rings. The zero-order chi connectivity index (χ0) is 46.2. The summed E-state index contributed by atoms with van der Waals surface area (Å²) < 4.78 is 2.40. The predicted molar refractivity (Wildman–Crippen MR) is 295 cm³/mol. The second-order valence-corrected chi connectivity index (χ2v) is 22.4. The topological polar surface area (TPSA) is 12.9 Å². The summed E-state index contributed by atoms with van der Waals surface area (Å²) in [7, 11) is 0. The van der Waals surface area contributed by atoms with Crippen molar-refractivity contribution < 1.29 is 0 Å². The quantitative estimate of drug-likeness (QED) is 0.0418. The highest BCUT2D eigenvalue weighted by Crippen LogP contribution is 2.57. The molecule has 2 aliphatic carbocycles. The summed E-state index contributed by atoms with van der Waals surface area (Å²) in [6, 6.07) is 33.6. The van der Waals surface area contributed by atoms with Crippen LogP contribution in [0.15, 0.2) is 100 Å². The molecule has 3 heteroatoms. The first-order valence-corrected chi connectivity index (χ1v) is 28.8. The normalized spacial score (nSPS) is 14.0. The van der Waals surface area contributed by atoms with E-state index in [1.807, 2.05) is 0 Å². The van der Waals surface area contributed by atoms with E-state index < -0.39 is 0 Å². The zero-order valence-electron chi connectivity index (χ0n) is 41.7. The number of aromatic nitrogens is 1. The molecule has 1 nitrogen and oxygen atoms in total. The van der Waals surface area contributed by atoms with Gasteiger partial charge >= 0.3 is 0 Å². The molecule has 0 unspecified atom stereocenters. The summed E-state index contributed by atoms with van der Waals surface area (Å²) >= 11 is 7.85. The molecule has 66 heavy (non-hydrogen) atoms. The maximum absolute atomic E-state index is 5.31.